The normalized spacial score (nSPS) is 15.0. The summed E-state index contributed by atoms with van der Waals surface area (Å²) in [6.45, 7) is 1.83. The highest BCUT2D eigenvalue weighted by Crippen LogP contribution is 2.35. The lowest BCUT2D eigenvalue weighted by Gasteiger charge is -2.24. The number of anilines is 2. The number of carboxylic acids is 1. The number of aromatic nitrogens is 2. The molecule has 31 heavy (non-hydrogen) atoms. The monoisotopic (exact) mass is 420 g/mol. The van der Waals surface area contributed by atoms with E-state index in [9.17, 15) is 14.4 Å². The Balaban J connectivity index is 1.66. The number of aromatic carboxylic acids is 1. The Hall–Kier alpha value is -4.14. The number of amides is 2. The van der Waals surface area contributed by atoms with E-state index >= 15 is 0 Å². The number of carbonyl (C=O) groups is 3. The number of carboxylic acid groups (broad SMARTS) is 1. The maximum Gasteiger partial charge on any atom is 0.335 e. The molecule has 1 aromatic heterocycles. The fourth-order valence-corrected chi connectivity index (χ4v) is 3.52. The second-order valence-electron chi connectivity index (χ2n) is 7.14. The molecule has 3 aromatic rings. The van der Waals surface area contributed by atoms with Gasteiger partial charge in [-0.3, -0.25) is 9.59 Å². The van der Waals surface area contributed by atoms with E-state index in [2.05, 4.69) is 15.7 Å². The van der Waals surface area contributed by atoms with Gasteiger partial charge in [0.15, 0.2) is 0 Å². The maximum atomic E-state index is 13.0. The molecule has 9 heteroatoms. The lowest BCUT2D eigenvalue weighted by Crippen LogP contribution is -2.36. The summed E-state index contributed by atoms with van der Waals surface area (Å²) in [5, 5.41) is 19.2. The Morgan fingerprint density at radius 1 is 1.23 bits per heavy atom. The first-order valence-electron chi connectivity index (χ1n) is 9.55. The smallest absolute Gasteiger partial charge is 0.335 e. The standard InChI is InChI=1S/C22H20N4O5/c1-12-19(13-6-8-16(31-2)9-7-13)25-26-17(11-18(27)24-20(12)26)21(28)23-15-5-3-4-14(10-15)22(29)30/h3-10,17H,11H2,1-2H3,(H,23,28)(H,24,27)(H,29,30)/t17-/m0/s1. The molecule has 2 amide bonds. The predicted molar refractivity (Wildman–Crippen MR) is 113 cm³/mol. The van der Waals surface area contributed by atoms with Crippen LogP contribution in [0.2, 0.25) is 0 Å². The molecule has 0 saturated carbocycles. The number of methoxy groups -OCH3 is 1. The van der Waals surface area contributed by atoms with Crippen molar-refractivity contribution >= 4 is 29.3 Å². The average Bonchev–Trinajstić information content (AvgIpc) is 3.09. The molecular formula is C22H20N4O5. The Labute approximate surface area is 177 Å². The number of nitrogens with one attached hydrogen (secondary N) is 2. The van der Waals surface area contributed by atoms with Crippen molar-refractivity contribution in [3.63, 3.8) is 0 Å². The van der Waals surface area contributed by atoms with Crippen molar-refractivity contribution in [1.29, 1.82) is 0 Å². The highest BCUT2D eigenvalue weighted by atomic mass is 16.5. The van der Waals surface area contributed by atoms with Gasteiger partial charge in [0.05, 0.1) is 24.8 Å². The minimum absolute atomic E-state index is 0.0524. The van der Waals surface area contributed by atoms with Crippen molar-refractivity contribution in [3.8, 4) is 17.0 Å². The summed E-state index contributed by atoms with van der Waals surface area (Å²) < 4.78 is 6.69. The van der Waals surface area contributed by atoms with E-state index in [1.807, 2.05) is 31.2 Å². The number of fused-ring (bicyclic) bond motifs is 1. The number of rotatable bonds is 5. The Bertz CT molecular complexity index is 1180. The molecule has 0 radical (unpaired) electrons. The SMILES string of the molecule is COc1ccc(-c2nn3c(c2C)NC(=O)C[C@H]3C(=O)Nc2cccc(C(=O)O)c2)cc1. The Kier molecular flexibility index (Phi) is 5.16. The highest BCUT2D eigenvalue weighted by molar-refractivity contribution is 6.02. The molecule has 0 saturated heterocycles. The number of ether oxygens (including phenoxy) is 1. The van der Waals surface area contributed by atoms with Gasteiger partial charge < -0.3 is 20.5 Å². The van der Waals surface area contributed by atoms with Crippen LogP contribution in [0.25, 0.3) is 11.3 Å². The average molecular weight is 420 g/mol. The highest BCUT2D eigenvalue weighted by Gasteiger charge is 2.34. The maximum absolute atomic E-state index is 13.0. The fourth-order valence-electron chi connectivity index (χ4n) is 3.52. The van der Waals surface area contributed by atoms with Gasteiger partial charge in [0.1, 0.15) is 17.6 Å². The summed E-state index contributed by atoms with van der Waals surface area (Å²) in [6, 6.07) is 12.4. The zero-order valence-electron chi connectivity index (χ0n) is 16.9. The molecule has 3 N–H and O–H groups in total. The zero-order chi connectivity index (χ0) is 22.1. The summed E-state index contributed by atoms with van der Waals surface area (Å²) in [4.78, 5) is 36.4. The van der Waals surface area contributed by atoms with E-state index in [0.29, 0.717) is 22.9 Å². The van der Waals surface area contributed by atoms with Crippen molar-refractivity contribution in [2.75, 3.05) is 17.7 Å². The Morgan fingerprint density at radius 3 is 2.65 bits per heavy atom. The van der Waals surface area contributed by atoms with Crippen LogP contribution in [0, 0.1) is 6.92 Å². The zero-order valence-corrected chi connectivity index (χ0v) is 16.9. The van der Waals surface area contributed by atoms with E-state index in [1.165, 1.54) is 22.9 Å². The van der Waals surface area contributed by atoms with E-state index in [-0.39, 0.29) is 17.9 Å². The quantitative estimate of drug-likeness (QED) is 0.583. The number of carbonyl (C=O) groups excluding carboxylic acids is 2. The van der Waals surface area contributed by atoms with E-state index in [0.717, 1.165) is 11.1 Å². The lowest BCUT2D eigenvalue weighted by atomic mass is 10.1. The molecule has 2 heterocycles. The lowest BCUT2D eigenvalue weighted by molar-refractivity contribution is -0.125. The van der Waals surface area contributed by atoms with Crippen LogP contribution in [-0.4, -0.2) is 39.8 Å². The third kappa shape index (κ3) is 3.85. The van der Waals surface area contributed by atoms with Gasteiger partial charge in [0, 0.05) is 16.8 Å². The van der Waals surface area contributed by atoms with E-state index in [4.69, 9.17) is 9.84 Å². The first-order valence-corrected chi connectivity index (χ1v) is 9.55. The van der Waals surface area contributed by atoms with E-state index in [1.54, 1.807) is 13.2 Å². The van der Waals surface area contributed by atoms with Crippen LogP contribution < -0.4 is 15.4 Å². The number of hydrogen-bond acceptors (Lipinski definition) is 5. The molecule has 1 aliphatic rings. The fraction of sp³-hybridized carbons (Fsp3) is 0.182. The van der Waals surface area contributed by atoms with Gasteiger partial charge in [-0.1, -0.05) is 6.07 Å². The summed E-state index contributed by atoms with van der Waals surface area (Å²) in [5.74, 6) is -0.679. The van der Waals surface area contributed by atoms with Crippen molar-refractivity contribution in [2.45, 2.75) is 19.4 Å². The van der Waals surface area contributed by atoms with Crippen LogP contribution in [-0.2, 0) is 9.59 Å². The van der Waals surface area contributed by atoms with E-state index < -0.39 is 17.9 Å². The topological polar surface area (TPSA) is 123 Å². The molecule has 9 nitrogen and oxygen atoms in total. The molecule has 2 aromatic carbocycles. The largest absolute Gasteiger partial charge is 0.497 e. The second-order valence-corrected chi connectivity index (χ2v) is 7.14. The second kappa shape index (κ2) is 7.94. The van der Waals surface area contributed by atoms with Gasteiger partial charge in [-0.2, -0.15) is 5.10 Å². The van der Waals surface area contributed by atoms with Crippen LogP contribution >= 0.6 is 0 Å². The molecule has 4 rings (SSSR count). The first-order chi connectivity index (χ1) is 14.9. The summed E-state index contributed by atoms with van der Waals surface area (Å²) in [5.41, 5.74) is 2.59. The predicted octanol–water partition coefficient (Wildman–Crippen LogP) is 3.09. The minimum atomic E-state index is -1.10. The molecule has 0 unspecified atom stereocenters. The Morgan fingerprint density at radius 2 is 1.97 bits per heavy atom. The molecule has 0 spiro atoms. The number of benzene rings is 2. The van der Waals surface area contributed by atoms with Crippen molar-refractivity contribution in [1.82, 2.24) is 9.78 Å². The van der Waals surface area contributed by atoms with Gasteiger partial charge in [0.25, 0.3) is 0 Å². The van der Waals surface area contributed by atoms with Crippen LogP contribution in [0.1, 0.15) is 28.4 Å². The number of nitrogens with zero attached hydrogens (tertiary/aromatic N) is 2. The van der Waals surface area contributed by atoms with Gasteiger partial charge in [0.2, 0.25) is 11.8 Å². The molecular weight excluding hydrogens is 400 g/mol. The van der Waals surface area contributed by atoms with Crippen molar-refractivity contribution in [3.05, 3.63) is 59.7 Å². The third-order valence-electron chi connectivity index (χ3n) is 5.12. The van der Waals surface area contributed by atoms with Crippen molar-refractivity contribution < 1.29 is 24.2 Å². The third-order valence-corrected chi connectivity index (χ3v) is 5.12. The van der Waals surface area contributed by atoms with Crippen LogP contribution in [0.5, 0.6) is 5.75 Å². The van der Waals surface area contributed by atoms with Gasteiger partial charge in [-0.05, 0) is 49.4 Å². The molecule has 158 valence electrons. The van der Waals surface area contributed by atoms with Gasteiger partial charge in [-0.25, -0.2) is 9.48 Å². The summed E-state index contributed by atoms with van der Waals surface area (Å²) in [7, 11) is 1.58. The van der Waals surface area contributed by atoms with Crippen LogP contribution in [0.4, 0.5) is 11.5 Å². The first kappa shape index (κ1) is 20.1. The molecule has 1 atom stereocenters. The van der Waals surface area contributed by atoms with Crippen LogP contribution in [0.15, 0.2) is 48.5 Å². The van der Waals surface area contributed by atoms with Crippen molar-refractivity contribution in [2.24, 2.45) is 0 Å². The molecule has 1 aliphatic heterocycles. The molecule has 0 aliphatic carbocycles. The molecule has 0 bridgehead atoms. The summed E-state index contributed by atoms with van der Waals surface area (Å²) >= 11 is 0. The van der Waals surface area contributed by atoms with Gasteiger partial charge in [-0.15, -0.1) is 0 Å². The minimum Gasteiger partial charge on any atom is -0.497 e. The summed E-state index contributed by atoms with van der Waals surface area (Å²) in [6.07, 6.45) is -0.0827. The van der Waals surface area contributed by atoms with Crippen LogP contribution in [0.3, 0.4) is 0 Å². The van der Waals surface area contributed by atoms with Gasteiger partial charge >= 0.3 is 5.97 Å². The number of hydrogen-bond donors (Lipinski definition) is 3. The molecule has 0 fully saturated rings.